The van der Waals surface area contributed by atoms with E-state index in [9.17, 15) is 14.9 Å². The van der Waals surface area contributed by atoms with E-state index in [1.807, 2.05) is 22.4 Å². The standard InChI is InChI=1S/C18H19BN2O5S/c20-15(8-13-2-1-7-27-13)21-9-12(10-21)25-14-4-3-11-5-6-19(24)26-17(11)16(14)18(22)23/h1-4,7,12,20,24H,5-6,8-10H2,(H,22,23). The van der Waals surface area contributed by atoms with Gasteiger partial charge in [0.2, 0.25) is 0 Å². The lowest BCUT2D eigenvalue weighted by atomic mass is 9.78. The van der Waals surface area contributed by atoms with E-state index in [4.69, 9.17) is 14.8 Å². The Morgan fingerprint density at radius 2 is 2.22 bits per heavy atom. The van der Waals surface area contributed by atoms with Crippen molar-refractivity contribution in [2.75, 3.05) is 13.1 Å². The van der Waals surface area contributed by atoms with E-state index in [0.717, 1.165) is 10.4 Å². The van der Waals surface area contributed by atoms with Gasteiger partial charge in [-0.3, -0.25) is 5.41 Å². The Kier molecular flexibility index (Phi) is 4.80. The molecule has 3 N–H and O–H groups in total. The maximum Gasteiger partial charge on any atom is 0.522 e. The van der Waals surface area contributed by atoms with Crippen LogP contribution in [0.3, 0.4) is 0 Å². The number of carbonyl (C=O) groups is 1. The average Bonchev–Trinajstić information content (AvgIpc) is 3.09. The first kappa shape index (κ1) is 17.9. The zero-order valence-corrected chi connectivity index (χ0v) is 15.4. The summed E-state index contributed by atoms with van der Waals surface area (Å²) in [5.41, 5.74) is 0.719. The maximum atomic E-state index is 11.8. The highest BCUT2D eigenvalue weighted by Crippen LogP contribution is 2.37. The molecular weight excluding hydrogens is 367 g/mol. The summed E-state index contributed by atoms with van der Waals surface area (Å²) in [4.78, 5) is 14.8. The molecule has 0 aliphatic carbocycles. The number of nitrogens with one attached hydrogen (secondary N) is 1. The Hall–Kier alpha value is -2.52. The van der Waals surface area contributed by atoms with E-state index in [0.29, 0.717) is 38.1 Å². The number of hydrogen-bond donors (Lipinski definition) is 3. The summed E-state index contributed by atoms with van der Waals surface area (Å²) < 4.78 is 11.2. The largest absolute Gasteiger partial charge is 0.535 e. The summed E-state index contributed by atoms with van der Waals surface area (Å²) in [6.07, 6.45) is 1.41. The quantitative estimate of drug-likeness (QED) is 0.413. The molecule has 1 aromatic carbocycles. The van der Waals surface area contributed by atoms with Gasteiger partial charge in [0.25, 0.3) is 0 Å². The highest BCUT2D eigenvalue weighted by Gasteiger charge is 2.34. The number of amidine groups is 1. The van der Waals surface area contributed by atoms with Crippen molar-refractivity contribution < 1.29 is 24.3 Å². The number of aryl methyl sites for hydroxylation is 1. The van der Waals surface area contributed by atoms with Crippen LogP contribution in [0.25, 0.3) is 0 Å². The Morgan fingerprint density at radius 3 is 2.93 bits per heavy atom. The highest BCUT2D eigenvalue weighted by atomic mass is 32.1. The summed E-state index contributed by atoms with van der Waals surface area (Å²) in [5, 5.41) is 29.5. The van der Waals surface area contributed by atoms with Crippen LogP contribution < -0.4 is 9.39 Å². The second-order valence-electron chi connectivity index (χ2n) is 6.69. The molecule has 4 rings (SSSR count). The molecule has 0 atom stereocenters. The molecule has 140 valence electrons. The van der Waals surface area contributed by atoms with Crippen LogP contribution in [0.1, 0.15) is 20.8 Å². The fourth-order valence-electron chi connectivity index (χ4n) is 3.32. The Bertz CT molecular complexity index is 867. The molecule has 3 heterocycles. The predicted molar refractivity (Wildman–Crippen MR) is 102 cm³/mol. The molecule has 9 heteroatoms. The van der Waals surface area contributed by atoms with Crippen molar-refractivity contribution in [3.8, 4) is 11.5 Å². The van der Waals surface area contributed by atoms with Gasteiger partial charge >= 0.3 is 13.1 Å². The van der Waals surface area contributed by atoms with E-state index in [1.165, 1.54) is 0 Å². The molecule has 2 aromatic rings. The van der Waals surface area contributed by atoms with Crippen molar-refractivity contribution in [3.63, 3.8) is 0 Å². The van der Waals surface area contributed by atoms with Crippen LogP contribution in [0.4, 0.5) is 0 Å². The number of aromatic carboxylic acids is 1. The lowest BCUT2D eigenvalue weighted by Crippen LogP contribution is -2.56. The molecule has 0 unspecified atom stereocenters. The molecule has 1 aromatic heterocycles. The van der Waals surface area contributed by atoms with Gasteiger partial charge in [-0.15, -0.1) is 11.3 Å². The van der Waals surface area contributed by atoms with Crippen LogP contribution >= 0.6 is 11.3 Å². The van der Waals surface area contributed by atoms with Gasteiger partial charge < -0.3 is 24.4 Å². The summed E-state index contributed by atoms with van der Waals surface area (Å²) in [6.45, 7) is 1.09. The smallest absolute Gasteiger partial charge is 0.522 e. The van der Waals surface area contributed by atoms with Gasteiger partial charge in [-0.05, 0) is 35.8 Å². The van der Waals surface area contributed by atoms with Crippen molar-refractivity contribution in [1.29, 1.82) is 5.41 Å². The third-order valence-corrected chi connectivity index (χ3v) is 5.65. The first-order valence-corrected chi connectivity index (χ1v) is 9.64. The van der Waals surface area contributed by atoms with Gasteiger partial charge in [-0.25, -0.2) is 4.79 Å². The molecular formula is C18H19BN2O5S. The first-order valence-electron chi connectivity index (χ1n) is 8.76. The van der Waals surface area contributed by atoms with Gasteiger partial charge in [-0.1, -0.05) is 12.1 Å². The molecule has 2 aliphatic heterocycles. The van der Waals surface area contributed by atoms with Gasteiger partial charge in [0, 0.05) is 11.3 Å². The Labute approximate surface area is 160 Å². The number of fused-ring (bicyclic) bond motifs is 1. The van der Waals surface area contributed by atoms with Gasteiger partial charge in [0.15, 0.2) is 0 Å². The summed E-state index contributed by atoms with van der Waals surface area (Å²) >= 11 is 1.63. The molecule has 1 fully saturated rings. The average molecular weight is 386 g/mol. The second-order valence-corrected chi connectivity index (χ2v) is 7.72. The number of rotatable bonds is 5. The number of carboxylic acids is 1. The fraction of sp³-hybridized carbons (Fsp3) is 0.333. The second kappa shape index (κ2) is 7.24. The van der Waals surface area contributed by atoms with E-state index in [2.05, 4.69) is 0 Å². The molecule has 0 amide bonds. The summed E-state index contributed by atoms with van der Waals surface area (Å²) in [6, 6.07) is 7.42. The molecule has 2 aliphatic rings. The first-order chi connectivity index (χ1) is 13.0. The lowest BCUT2D eigenvalue weighted by Gasteiger charge is -2.41. The molecule has 0 radical (unpaired) electrons. The van der Waals surface area contributed by atoms with E-state index in [-0.39, 0.29) is 23.2 Å². The monoisotopic (exact) mass is 386 g/mol. The van der Waals surface area contributed by atoms with Crippen molar-refractivity contribution in [3.05, 3.63) is 45.6 Å². The minimum atomic E-state index is -1.14. The minimum Gasteiger partial charge on any atom is -0.535 e. The van der Waals surface area contributed by atoms with Gasteiger partial charge in [0.05, 0.1) is 13.1 Å². The Morgan fingerprint density at radius 1 is 1.41 bits per heavy atom. The number of hydrogen-bond acceptors (Lipinski definition) is 6. The van der Waals surface area contributed by atoms with E-state index < -0.39 is 13.1 Å². The summed E-state index contributed by atoms with van der Waals surface area (Å²) in [5.74, 6) is -0.171. The van der Waals surface area contributed by atoms with Crippen molar-refractivity contribution in [2.45, 2.75) is 25.3 Å². The van der Waals surface area contributed by atoms with Crippen molar-refractivity contribution >= 4 is 30.3 Å². The normalized spacial score (nSPS) is 16.3. The van der Waals surface area contributed by atoms with E-state index >= 15 is 0 Å². The SMILES string of the molecule is N=C(Cc1cccs1)N1CC(Oc2ccc3c(c2C(=O)O)OB(O)CC3)C1. The zero-order valence-electron chi connectivity index (χ0n) is 14.6. The molecule has 0 saturated carbocycles. The van der Waals surface area contributed by atoms with Gasteiger partial charge in [-0.2, -0.15) is 0 Å². The van der Waals surface area contributed by atoms with Crippen LogP contribution in [0, 0.1) is 5.41 Å². The third-order valence-electron chi connectivity index (χ3n) is 4.77. The highest BCUT2D eigenvalue weighted by molar-refractivity contribution is 7.10. The third kappa shape index (κ3) is 3.65. The molecule has 0 bridgehead atoms. The van der Waals surface area contributed by atoms with Crippen LogP contribution in [-0.4, -0.2) is 53.1 Å². The van der Waals surface area contributed by atoms with Crippen LogP contribution in [0.2, 0.25) is 6.32 Å². The molecule has 1 saturated heterocycles. The number of benzene rings is 1. The summed E-state index contributed by atoms with van der Waals surface area (Å²) in [7, 11) is -0.997. The number of thiophene rings is 1. The van der Waals surface area contributed by atoms with Crippen LogP contribution in [-0.2, 0) is 12.8 Å². The minimum absolute atomic E-state index is 0.0432. The topological polar surface area (TPSA) is 103 Å². The number of likely N-dealkylation sites (tertiary alicyclic amines) is 1. The predicted octanol–water partition coefficient (Wildman–Crippen LogP) is 2.14. The van der Waals surface area contributed by atoms with Gasteiger partial charge in [0.1, 0.15) is 29.0 Å². The molecule has 7 nitrogen and oxygen atoms in total. The van der Waals surface area contributed by atoms with Crippen LogP contribution in [0.15, 0.2) is 29.6 Å². The number of nitrogens with zero attached hydrogens (tertiary/aromatic N) is 1. The maximum absolute atomic E-state index is 11.8. The number of ether oxygens (including phenoxy) is 1. The Balaban J connectivity index is 1.43. The van der Waals surface area contributed by atoms with Crippen LogP contribution in [0.5, 0.6) is 11.5 Å². The van der Waals surface area contributed by atoms with Crippen molar-refractivity contribution in [1.82, 2.24) is 4.90 Å². The number of carboxylic acid groups (broad SMARTS) is 1. The van der Waals surface area contributed by atoms with Crippen molar-refractivity contribution in [2.24, 2.45) is 0 Å². The fourth-order valence-corrected chi connectivity index (χ4v) is 4.03. The molecule has 27 heavy (non-hydrogen) atoms. The molecule has 0 spiro atoms. The lowest BCUT2D eigenvalue weighted by molar-refractivity contribution is 0.0589. The van der Waals surface area contributed by atoms with E-state index in [1.54, 1.807) is 23.5 Å². The zero-order chi connectivity index (χ0) is 19.0.